The van der Waals surface area contributed by atoms with Gasteiger partial charge in [-0.15, -0.1) is 0 Å². The van der Waals surface area contributed by atoms with Crippen molar-refractivity contribution in [2.45, 2.75) is 33.4 Å². The van der Waals surface area contributed by atoms with Gasteiger partial charge < -0.3 is 15.2 Å². The summed E-state index contributed by atoms with van der Waals surface area (Å²) in [7, 11) is 0. The molecule has 1 atom stereocenters. The summed E-state index contributed by atoms with van der Waals surface area (Å²) in [6.07, 6.45) is 1.49. The first-order valence-corrected chi connectivity index (χ1v) is 7.54. The third-order valence-corrected chi connectivity index (χ3v) is 3.74. The number of amides is 1. The molecule has 0 aliphatic heterocycles. The molecule has 0 saturated carbocycles. The number of hydrogen-bond donors (Lipinski definition) is 2. The molecule has 1 aromatic carbocycles. The highest BCUT2D eigenvalue weighted by Gasteiger charge is 2.11. The van der Waals surface area contributed by atoms with Crippen molar-refractivity contribution in [2.24, 2.45) is 0 Å². The summed E-state index contributed by atoms with van der Waals surface area (Å²) >= 11 is 0. The Labute approximate surface area is 136 Å². The van der Waals surface area contributed by atoms with Crippen LogP contribution in [0.3, 0.4) is 0 Å². The van der Waals surface area contributed by atoms with Crippen LogP contribution in [-0.2, 0) is 11.4 Å². The zero-order chi connectivity index (χ0) is 16.8. The van der Waals surface area contributed by atoms with Crippen LogP contribution in [0.25, 0.3) is 0 Å². The Balaban J connectivity index is 1.86. The monoisotopic (exact) mass is 314 g/mol. The third-order valence-electron chi connectivity index (χ3n) is 3.74. The number of nitrogens with zero attached hydrogens (tertiary/aromatic N) is 1. The fraction of sp³-hybridized carbons (Fsp3) is 0.333. The lowest BCUT2D eigenvalue weighted by Crippen LogP contribution is -2.31. The SMILES string of the molecule is Cc1ccc(C(C)NC(=O)COc2ccc(CO)nc2)cc1C. The van der Waals surface area contributed by atoms with E-state index in [2.05, 4.69) is 36.3 Å². The van der Waals surface area contributed by atoms with E-state index in [1.54, 1.807) is 12.1 Å². The second-order valence-electron chi connectivity index (χ2n) is 5.56. The zero-order valence-electron chi connectivity index (χ0n) is 13.7. The number of aromatic nitrogens is 1. The van der Waals surface area contributed by atoms with Gasteiger partial charge in [-0.1, -0.05) is 18.2 Å². The first-order chi connectivity index (χ1) is 11.0. The molecule has 2 aromatic rings. The fourth-order valence-electron chi connectivity index (χ4n) is 2.14. The highest BCUT2D eigenvalue weighted by molar-refractivity contribution is 5.78. The van der Waals surface area contributed by atoms with E-state index in [0.717, 1.165) is 5.56 Å². The molecule has 5 heteroatoms. The third kappa shape index (κ3) is 4.79. The number of carbonyl (C=O) groups is 1. The Morgan fingerprint density at radius 3 is 2.65 bits per heavy atom. The Morgan fingerprint density at radius 2 is 2.04 bits per heavy atom. The second-order valence-corrected chi connectivity index (χ2v) is 5.56. The van der Waals surface area contributed by atoms with Crippen molar-refractivity contribution in [1.29, 1.82) is 0 Å². The first kappa shape index (κ1) is 17.0. The lowest BCUT2D eigenvalue weighted by Gasteiger charge is -2.16. The normalized spacial score (nSPS) is 11.8. The van der Waals surface area contributed by atoms with Gasteiger partial charge in [-0.05, 0) is 49.6 Å². The summed E-state index contributed by atoms with van der Waals surface area (Å²) in [5.74, 6) is 0.304. The molecule has 0 radical (unpaired) electrons. The molecular weight excluding hydrogens is 292 g/mol. The van der Waals surface area contributed by atoms with Gasteiger partial charge in [-0.3, -0.25) is 9.78 Å². The lowest BCUT2D eigenvalue weighted by molar-refractivity contribution is -0.123. The number of rotatable bonds is 6. The molecule has 0 bridgehead atoms. The lowest BCUT2D eigenvalue weighted by atomic mass is 10.0. The van der Waals surface area contributed by atoms with Gasteiger partial charge in [-0.2, -0.15) is 0 Å². The van der Waals surface area contributed by atoms with Crippen LogP contribution in [0.2, 0.25) is 0 Å². The summed E-state index contributed by atoms with van der Waals surface area (Å²) in [6.45, 7) is 5.87. The Bertz CT molecular complexity index is 668. The predicted molar refractivity (Wildman–Crippen MR) is 88.1 cm³/mol. The van der Waals surface area contributed by atoms with E-state index in [1.807, 2.05) is 13.0 Å². The summed E-state index contributed by atoms with van der Waals surface area (Å²) in [5.41, 5.74) is 4.06. The van der Waals surface area contributed by atoms with Crippen LogP contribution >= 0.6 is 0 Å². The molecule has 1 heterocycles. The van der Waals surface area contributed by atoms with Gasteiger partial charge in [0.25, 0.3) is 5.91 Å². The maximum absolute atomic E-state index is 12.0. The Kier molecular flexibility index (Phi) is 5.71. The average molecular weight is 314 g/mol. The number of ether oxygens (including phenoxy) is 1. The molecule has 1 aromatic heterocycles. The van der Waals surface area contributed by atoms with E-state index in [9.17, 15) is 4.79 Å². The highest BCUT2D eigenvalue weighted by atomic mass is 16.5. The van der Waals surface area contributed by atoms with Gasteiger partial charge in [0, 0.05) is 0 Å². The molecule has 23 heavy (non-hydrogen) atoms. The van der Waals surface area contributed by atoms with E-state index in [-0.39, 0.29) is 25.2 Å². The average Bonchev–Trinajstić information content (AvgIpc) is 2.55. The number of aryl methyl sites for hydroxylation is 2. The highest BCUT2D eigenvalue weighted by Crippen LogP contribution is 2.16. The van der Waals surface area contributed by atoms with Gasteiger partial charge in [0.05, 0.1) is 24.5 Å². The van der Waals surface area contributed by atoms with Crippen molar-refractivity contribution in [2.75, 3.05) is 6.61 Å². The minimum absolute atomic E-state index is 0.0741. The molecule has 0 aliphatic carbocycles. The van der Waals surface area contributed by atoms with Gasteiger partial charge in [0.1, 0.15) is 5.75 Å². The molecule has 0 spiro atoms. The van der Waals surface area contributed by atoms with E-state index in [0.29, 0.717) is 11.4 Å². The standard InChI is InChI=1S/C18H22N2O3/c1-12-4-5-15(8-13(12)2)14(3)20-18(22)11-23-17-7-6-16(10-21)19-9-17/h4-9,14,21H,10-11H2,1-3H3,(H,20,22). The molecule has 5 nitrogen and oxygen atoms in total. The molecule has 1 unspecified atom stereocenters. The molecule has 0 saturated heterocycles. The Morgan fingerprint density at radius 1 is 1.26 bits per heavy atom. The van der Waals surface area contributed by atoms with Crippen molar-refractivity contribution in [3.8, 4) is 5.75 Å². The number of pyridine rings is 1. The summed E-state index contributed by atoms with van der Waals surface area (Å²) in [4.78, 5) is 16.0. The van der Waals surface area contributed by atoms with Crippen molar-refractivity contribution < 1.29 is 14.6 Å². The van der Waals surface area contributed by atoms with Crippen LogP contribution in [0.1, 0.15) is 35.3 Å². The molecule has 2 rings (SSSR count). The first-order valence-electron chi connectivity index (χ1n) is 7.54. The summed E-state index contributed by atoms with van der Waals surface area (Å²) in [6, 6.07) is 9.41. The number of carbonyl (C=O) groups excluding carboxylic acids is 1. The number of aliphatic hydroxyl groups is 1. The maximum Gasteiger partial charge on any atom is 0.258 e. The van der Waals surface area contributed by atoms with Crippen molar-refractivity contribution in [3.63, 3.8) is 0 Å². The van der Waals surface area contributed by atoms with Gasteiger partial charge >= 0.3 is 0 Å². The van der Waals surface area contributed by atoms with Crippen molar-refractivity contribution in [3.05, 3.63) is 58.9 Å². The van der Waals surface area contributed by atoms with E-state index in [4.69, 9.17) is 9.84 Å². The molecule has 0 aliphatic rings. The predicted octanol–water partition coefficient (Wildman–Crippen LogP) is 2.45. The van der Waals surface area contributed by atoms with Crippen LogP contribution < -0.4 is 10.1 Å². The Hall–Kier alpha value is -2.40. The van der Waals surface area contributed by atoms with Crippen molar-refractivity contribution >= 4 is 5.91 Å². The molecular formula is C18H22N2O3. The minimum Gasteiger partial charge on any atom is -0.482 e. The molecule has 122 valence electrons. The quantitative estimate of drug-likeness (QED) is 0.859. The van der Waals surface area contributed by atoms with Crippen LogP contribution in [0.4, 0.5) is 0 Å². The van der Waals surface area contributed by atoms with Crippen LogP contribution in [0.5, 0.6) is 5.75 Å². The molecule has 0 fully saturated rings. The van der Waals surface area contributed by atoms with E-state index >= 15 is 0 Å². The van der Waals surface area contributed by atoms with Crippen LogP contribution in [0, 0.1) is 13.8 Å². The zero-order valence-corrected chi connectivity index (χ0v) is 13.7. The maximum atomic E-state index is 12.0. The van der Waals surface area contributed by atoms with Gasteiger partial charge in [0.2, 0.25) is 0 Å². The largest absolute Gasteiger partial charge is 0.482 e. The van der Waals surface area contributed by atoms with Crippen LogP contribution in [-0.4, -0.2) is 22.6 Å². The van der Waals surface area contributed by atoms with Gasteiger partial charge in [-0.25, -0.2) is 0 Å². The summed E-state index contributed by atoms with van der Waals surface area (Å²) in [5, 5.41) is 11.8. The minimum atomic E-state index is -0.193. The molecule has 1 amide bonds. The second kappa shape index (κ2) is 7.74. The smallest absolute Gasteiger partial charge is 0.258 e. The number of benzene rings is 1. The topological polar surface area (TPSA) is 71.5 Å². The summed E-state index contributed by atoms with van der Waals surface area (Å²) < 4.78 is 5.39. The number of aliphatic hydroxyl groups excluding tert-OH is 1. The van der Waals surface area contributed by atoms with E-state index < -0.39 is 0 Å². The van der Waals surface area contributed by atoms with Gasteiger partial charge in [0.15, 0.2) is 6.61 Å². The number of hydrogen-bond acceptors (Lipinski definition) is 4. The fourth-order valence-corrected chi connectivity index (χ4v) is 2.14. The van der Waals surface area contributed by atoms with E-state index in [1.165, 1.54) is 17.3 Å². The van der Waals surface area contributed by atoms with Crippen LogP contribution in [0.15, 0.2) is 36.5 Å². The van der Waals surface area contributed by atoms with Crippen molar-refractivity contribution in [1.82, 2.24) is 10.3 Å². The molecule has 2 N–H and O–H groups in total. The number of nitrogens with one attached hydrogen (secondary N) is 1.